The minimum Gasteiger partial charge on any atom is -0.480 e. The number of amides is 3. The van der Waals surface area contributed by atoms with Gasteiger partial charge in [-0.05, 0) is 58.1 Å². The highest BCUT2D eigenvalue weighted by Gasteiger charge is 2.30. The fraction of sp³-hybridized carbons (Fsp3) is 0.778. The van der Waals surface area contributed by atoms with Crippen molar-refractivity contribution in [3.8, 4) is 0 Å². The number of unbranched alkanes of at least 4 members (excludes halogenated alkanes) is 1. The highest BCUT2D eigenvalue weighted by atomic mass is 32.2. The minimum absolute atomic E-state index is 0.217. The summed E-state index contributed by atoms with van der Waals surface area (Å²) >= 11 is 1.55. The third-order valence-electron chi connectivity index (χ3n) is 4.35. The quantitative estimate of drug-likeness (QED) is 0.140. The average molecular weight is 450 g/mol. The van der Waals surface area contributed by atoms with Crippen LogP contribution in [0.2, 0.25) is 0 Å². The maximum absolute atomic E-state index is 12.5. The second-order valence-corrected chi connectivity index (χ2v) is 8.01. The Morgan fingerprint density at radius 3 is 2.10 bits per heavy atom. The van der Waals surface area contributed by atoms with Crippen molar-refractivity contribution in [2.24, 2.45) is 11.5 Å². The molecule has 174 valence electrons. The zero-order chi connectivity index (χ0) is 23.3. The summed E-state index contributed by atoms with van der Waals surface area (Å²) in [5, 5.41) is 25.9. The van der Waals surface area contributed by atoms with Crippen LogP contribution in [0.4, 0.5) is 0 Å². The van der Waals surface area contributed by atoms with Gasteiger partial charge in [0.1, 0.15) is 12.1 Å². The number of aliphatic hydroxyl groups is 1. The molecule has 0 fully saturated rings. The molecular formula is C18H35N5O6S. The summed E-state index contributed by atoms with van der Waals surface area (Å²) in [6.07, 6.45) is 2.36. The van der Waals surface area contributed by atoms with Crippen molar-refractivity contribution in [2.45, 2.75) is 69.8 Å². The van der Waals surface area contributed by atoms with E-state index >= 15 is 0 Å². The monoisotopic (exact) mass is 449 g/mol. The third kappa shape index (κ3) is 10.8. The van der Waals surface area contributed by atoms with Gasteiger partial charge in [-0.25, -0.2) is 4.79 Å². The summed E-state index contributed by atoms with van der Waals surface area (Å²) in [6.45, 7) is 3.09. The number of hydrogen-bond acceptors (Lipinski definition) is 8. The summed E-state index contributed by atoms with van der Waals surface area (Å²) < 4.78 is 0. The molecular weight excluding hydrogens is 414 g/mol. The zero-order valence-electron chi connectivity index (χ0n) is 17.7. The first kappa shape index (κ1) is 28.1. The minimum atomic E-state index is -1.52. The van der Waals surface area contributed by atoms with Crippen LogP contribution in [0.25, 0.3) is 0 Å². The second-order valence-electron chi connectivity index (χ2n) is 7.03. The molecule has 3 amide bonds. The van der Waals surface area contributed by atoms with Gasteiger partial charge in [0.15, 0.2) is 6.04 Å². The van der Waals surface area contributed by atoms with Crippen molar-refractivity contribution in [2.75, 3.05) is 18.6 Å². The maximum Gasteiger partial charge on any atom is 0.328 e. The van der Waals surface area contributed by atoms with Gasteiger partial charge in [0.25, 0.3) is 0 Å². The number of aliphatic carboxylic acids is 1. The van der Waals surface area contributed by atoms with Gasteiger partial charge in [0.05, 0.1) is 12.1 Å². The summed E-state index contributed by atoms with van der Waals surface area (Å²) in [4.78, 5) is 48.3. The highest BCUT2D eigenvalue weighted by molar-refractivity contribution is 7.98. The van der Waals surface area contributed by atoms with Gasteiger partial charge in [0, 0.05) is 0 Å². The van der Waals surface area contributed by atoms with Gasteiger partial charge in [-0.3, -0.25) is 14.4 Å². The third-order valence-corrected chi connectivity index (χ3v) is 4.99. The molecule has 0 saturated carbocycles. The van der Waals surface area contributed by atoms with Gasteiger partial charge in [-0.2, -0.15) is 11.8 Å². The Morgan fingerprint density at radius 1 is 0.967 bits per heavy atom. The van der Waals surface area contributed by atoms with E-state index in [0.717, 1.165) is 0 Å². The Kier molecular flexibility index (Phi) is 14.0. The summed E-state index contributed by atoms with van der Waals surface area (Å²) in [7, 11) is 0. The Morgan fingerprint density at radius 2 is 1.60 bits per heavy atom. The summed E-state index contributed by atoms with van der Waals surface area (Å²) in [5.41, 5.74) is 11.2. The van der Waals surface area contributed by atoms with Gasteiger partial charge in [-0.15, -0.1) is 0 Å². The molecule has 5 unspecified atom stereocenters. The van der Waals surface area contributed by atoms with Crippen molar-refractivity contribution >= 4 is 35.5 Å². The van der Waals surface area contributed by atoms with Crippen LogP contribution >= 0.6 is 11.8 Å². The molecule has 12 heteroatoms. The fourth-order valence-electron chi connectivity index (χ4n) is 2.46. The molecule has 0 aromatic rings. The van der Waals surface area contributed by atoms with Crippen molar-refractivity contribution in [1.82, 2.24) is 16.0 Å². The first-order chi connectivity index (χ1) is 14.0. The molecule has 0 spiro atoms. The largest absolute Gasteiger partial charge is 0.480 e. The van der Waals surface area contributed by atoms with Crippen LogP contribution in [0, 0.1) is 0 Å². The number of nitrogens with one attached hydrogen (secondary N) is 3. The lowest BCUT2D eigenvalue weighted by Crippen LogP contribution is -2.57. The molecule has 0 aromatic carbocycles. The van der Waals surface area contributed by atoms with Gasteiger partial charge in [-0.1, -0.05) is 0 Å². The van der Waals surface area contributed by atoms with E-state index in [9.17, 15) is 24.3 Å². The summed E-state index contributed by atoms with van der Waals surface area (Å²) in [5.74, 6) is -2.53. The van der Waals surface area contributed by atoms with Gasteiger partial charge >= 0.3 is 5.97 Å². The van der Waals surface area contributed by atoms with Crippen LogP contribution in [0.3, 0.4) is 0 Å². The molecule has 5 atom stereocenters. The fourth-order valence-corrected chi connectivity index (χ4v) is 2.95. The molecule has 0 saturated heterocycles. The highest BCUT2D eigenvalue weighted by Crippen LogP contribution is 2.04. The van der Waals surface area contributed by atoms with E-state index < -0.39 is 54.0 Å². The lowest BCUT2D eigenvalue weighted by Gasteiger charge is -2.24. The Hall–Kier alpha value is -1.89. The van der Waals surface area contributed by atoms with Crippen LogP contribution < -0.4 is 27.4 Å². The van der Waals surface area contributed by atoms with E-state index in [1.807, 2.05) is 6.26 Å². The molecule has 11 nitrogen and oxygen atoms in total. The van der Waals surface area contributed by atoms with Crippen LogP contribution in [0.5, 0.6) is 0 Å². The number of rotatable bonds is 15. The van der Waals surface area contributed by atoms with Gasteiger partial charge < -0.3 is 37.6 Å². The lowest BCUT2D eigenvalue weighted by molar-refractivity contribution is -0.145. The standard InChI is InChI=1S/C18H35N5O6S/c1-10(21-16(26)12(20)7-9-30-3)15(25)22-13(6-4-5-8-19)17(27)23-14(11(2)24)18(28)29/h10-14,24H,4-9,19-20H2,1-3H3,(H,21,26)(H,22,25)(H,23,27)(H,28,29). The number of carbonyl (C=O) groups excluding carboxylic acids is 3. The first-order valence-electron chi connectivity index (χ1n) is 9.81. The van der Waals surface area contributed by atoms with E-state index in [1.54, 1.807) is 11.8 Å². The Labute approximate surface area is 181 Å². The van der Waals surface area contributed by atoms with Crippen molar-refractivity contribution in [3.05, 3.63) is 0 Å². The summed E-state index contributed by atoms with van der Waals surface area (Å²) in [6, 6.07) is -4.26. The number of carboxylic acid groups (broad SMARTS) is 1. The predicted octanol–water partition coefficient (Wildman–Crippen LogP) is -1.86. The molecule has 0 rings (SSSR count). The molecule has 0 aromatic heterocycles. The molecule has 0 aliphatic rings. The van der Waals surface area contributed by atoms with E-state index in [1.165, 1.54) is 13.8 Å². The van der Waals surface area contributed by atoms with E-state index in [4.69, 9.17) is 16.6 Å². The second kappa shape index (κ2) is 15.0. The van der Waals surface area contributed by atoms with Crippen LogP contribution in [0.1, 0.15) is 39.5 Å². The van der Waals surface area contributed by atoms with Crippen LogP contribution in [0.15, 0.2) is 0 Å². The predicted molar refractivity (Wildman–Crippen MR) is 115 cm³/mol. The molecule has 0 heterocycles. The number of thioether (sulfide) groups is 1. The smallest absolute Gasteiger partial charge is 0.328 e. The normalized spacial score (nSPS) is 15.9. The zero-order valence-corrected chi connectivity index (χ0v) is 18.5. The van der Waals surface area contributed by atoms with Crippen molar-refractivity contribution in [1.29, 1.82) is 0 Å². The number of hydrogen-bond donors (Lipinski definition) is 7. The van der Waals surface area contributed by atoms with Crippen LogP contribution in [-0.4, -0.2) is 82.7 Å². The number of nitrogens with two attached hydrogens (primary N) is 2. The number of carbonyl (C=O) groups is 4. The molecule has 0 aliphatic carbocycles. The number of carboxylic acids is 1. The first-order valence-corrected chi connectivity index (χ1v) is 11.2. The maximum atomic E-state index is 12.5. The number of aliphatic hydroxyl groups excluding tert-OH is 1. The molecule has 0 bridgehead atoms. The average Bonchev–Trinajstić information content (AvgIpc) is 2.68. The molecule has 30 heavy (non-hydrogen) atoms. The lowest BCUT2D eigenvalue weighted by atomic mass is 10.1. The molecule has 9 N–H and O–H groups in total. The van der Waals surface area contributed by atoms with Gasteiger partial charge in [0.2, 0.25) is 17.7 Å². The molecule has 0 aliphatic heterocycles. The topological polar surface area (TPSA) is 197 Å². The van der Waals surface area contributed by atoms with Crippen LogP contribution in [-0.2, 0) is 19.2 Å². The van der Waals surface area contributed by atoms with E-state index in [0.29, 0.717) is 31.6 Å². The molecule has 0 radical (unpaired) electrons. The van der Waals surface area contributed by atoms with Crippen molar-refractivity contribution in [3.63, 3.8) is 0 Å². The Bertz CT molecular complexity index is 577. The van der Waals surface area contributed by atoms with E-state index in [-0.39, 0.29) is 6.42 Å². The SMILES string of the molecule is CSCCC(N)C(=O)NC(C)C(=O)NC(CCCCN)C(=O)NC(C(=O)O)C(C)O. The van der Waals surface area contributed by atoms with E-state index in [2.05, 4.69) is 16.0 Å². The van der Waals surface area contributed by atoms with Crippen molar-refractivity contribution < 1.29 is 29.4 Å². The Balaban J connectivity index is 5.04.